The summed E-state index contributed by atoms with van der Waals surface area (Å²) in [4.78, 5) is 0. The number of benzene rings is 1. The van der Waals surface area contributed by atoms with Crippen LogP contribution in [0.4, 0.5) is 0 Å². The summed E-state index contributed by atoms with van der Waals surface area (Å²) in [6.07, 6.45) is 0. The van der Waals surface area contributed by atoms with Gasteiger partial charge in [-0.15, -0.1) is 0 Å². The van der Waals surface area contributed by atoms with E-state index in [0.717, 1.165) is 10.9 Å². The minimum absolute atomic E-state index is 0.213. The normalized spacial score (nSPS) is 12.9. The molecule has 0 aliphatic carbocycles. The molecule has 1 aromatic carbocycles. The van der Waals surface area contributed by atoms with E-state index in [1.807, 2.05) is 6.07 Å². The predicted octanol–water partition coefficient (Wildman–Crippen LogP) is 3.54. The zero-order chi connectivity index (χ0) is 9.14. The number of aromatic hydroxyl groups is 1. The average Bonchev–Trinajstić information content (AvgIpc) is 2.03. The van der Waals surface area contributed by atoms with Crippen molar-refractivity contribution in [1.82, 2.24) is 0 Å². The minimum Gasteiger partial charge on any atom is -0.508 e. The van der Waals surface area contributed by atoms with Crippen LogP contribution >= 0.6 is 27.5 Å². The van der Waals surface area contributed by atoms with Gasteiger partial charge >= 0.3 is 0 Å². The molecule has 0 heterocycles. The van der Waals surface area contributed by atoms with Gasteiger partial charge in [-0.2, -0.15) is 0 Å². The van der Waals surface area contributed by atoms with Gasteiger partial charge < -0.3 is 5.11 Å². The highest BCUT2D eigenvalue weighted by Gasteiger charge is 2.08. The van der Waals surface area contributed by atoms with Crippen LogP contribution in [0.15, 0.2) is 18.2 Å². The molecule has 1 N–H and O–H groups in total. The molecule has 12 heavy (non-hydrogen) atoms. The lowest BCUT2D eigenvalue weighted by molar-refractivity contribution is 0.475. The Hall–Kier alpha value is -0.210. The van der Waals surface area contributed by atoms with E-state index >= 15 is 0 Å². The third-order valence-electron chi connectivity index (χ3n) is 1.75. The van der Waals surface area contributed by atoms with Crippen LogP contribution in [0.3, 0.4) is 0 Å². The lowest BCUT2D eigenvalue weighted by Crippen LogP contribution is -1.94. The molecule has 3 heteroatoms. The molecule has 0 saturated carbocycles. The van der Waals surface area contributed by atoms with Gasteiger partial charge in [-0.05, 0) is 23.6 Å². The fourth-order valence-electron chi connectivity index (χ4n) is 0.999. The molecule has 0 aliphatic heterocycles. The lowest BCUT2D eigenvalue weighted by atomic mass is 10.0. The van der Waals surface area contributed by atoms with Crippen molar-refractivity contribution in [3.05, 3.63) is 28.8 Å². The van der Waals surface area contributed by atoms with Crippen molar-refractivity contribution < 1.29 is 5.11 Å². The second-order valence-electron chi connectivity index (χ2n) is 2.76. The maximum absolute atomic E-state index is 9.10. The van der Waals surface area contributed by atoms with E-state index in [1.165, 1.54) is 0 Å². The number of halogens is 2. The Labute approximate surface area is 85.5 Å². The Morgan fingerprint density at radius 1 is 1.58 bits per heavy atom. The van der Waals surface area contributed by atoms with Crippen LogP contribution in [0.2, 0.25) is 5.02 Å². The van der Waals surface area contributed by atoms with Gasteiger partial charge in [0.25, 0.3) is 0 Å². The standard InChI is InChI=1S/C9H10BrClO/c1-6(5-10)8-3-2-7(12)4-9(8)11/h2-4,6,12H,5H2,1H3. The second kappa shape index (κ2) is 4.15. The van der Waals surface area contributed by atoms with E-state index in [4.69, 9.17) is 16.7 Å². The van der Waals surface area contributed by atoms with Gasteiger partial charge in [0.05, 0.1) is 0 Å². The van der Waals surface area contributed by atoms with Gasteiger partial charge in [-0.1, -0.05) is 40.5 Å². The van der Waals surface area contributed by atoms with Crippen molar-refractivity contribution in [3.8, 4) is 5.75 Å². The van der Waals surface area contributed by atoms with Crippen molar-refractivity contribution in [2.24, 2.45) is 0 Å². The van der Waals surface area contributed by atoms with Crippen molar-refractivity contribution >= 4 is 27.5 Å². The third-order valence-corrected chi connectivity index (χ3v) is 3.04. The van der Waals surface area contributed by atoms with E-state index in [0.29, 0.717) is 10.9 Å². The zero-order valence-electron chi connectivity index (χ0n) is 6.72. The smallest absolute Gasteiger partial charge is 0.117 e. The quantitative estimate of drug-likeness (QED) is 0.795. The summed E-state index contributed by atoms with van der Waals surface area (Å²) in [5.41, 5.74) is 1.06. The maximum atomic E-state index is 9.10. The maximum Gasteiger partial charge on any atom is 0.117 e. The van der Waals surface area contributed by atoms with Crippen molar-refractivity contribution in [2.45, 2.75) is 12.8 Å². The number of alkyl halides is 1. The molecule has 1 rings (SSSR count). The average molecular weight is 250 g/mol. The summed E-state index contributed by atoms with van der Waals surface area (Å²) in [5.74, 6) is 0.587. The van der Waals surface area contributed by atoms with Gasteiger partial charge in [0, 0.05) is 10.4 Å². The predicted molar refractivity (Wildman–Crippen MR) is 55.3 cm³/mol. The summed E-state index contributed by atoms with van der Waals surface area (Å²) in [5, 5.41) is 10.6. The Morgan fingerprint density at radius 3 is 2.75 bits per heavy atom. The van der Waals surface area contributed by atoms with E-state index < -0.39 is 0 Å². The second-order valence-corrected chi connectivity index (χ2v) is 3.82. The monoisotopic (exact) mass is 248 g/mol. The lowest BCUT2D eigenvalue weighted by Gasteiger charge is -2.09. The van der Waals surface area contributed by atoms with Crippen LogP contribution in [-0.4, -0.2) is 10.4 Å². The molecule has 0 spiro atoms. The summed E-state index contributed by atoms with van der Waals surface area (Å²) in [7, 11) is 0. The molecule has 1 aromatic rings. The molecule has 0 amide bonds. The molecule has 0 radical (unpaired) electrons. The number of phenols is 1. The molecule has 0 saturated heterocycles. The molecular formula is C9H10BrClO. The van der Waals surface area contributed by atoms with Crippen LogP contribution in [0, 0.1) is 0 Å². The van der Waals surface area contributed by atoms with Crippen LogP contribution in [0.1, 0.15) is 18.4 Å². The number of hydrogen-bond donors (Lipinski definition) is 1. The Bertz CT molecular complexity index is 275. The van der Waals surface area contributed by atoms with Gasteiger partial charge in [-0.3, -0.25) is 0 Å². The fraction of sp³-hybridized carbons (Fsp3) is 0.333. The first-order valence-corrected chi connectivity index (χ1v) is 5.19. The first-order chi connectivity index (χ1) is 5.65. The minimum atomic E-state index is 0.213. The van der Waals surface area contributed by atoms with Gasteiger partial charge in [0.1, 0.15) is 5.75 Å². The van der Waals surface area contributed by atoms with E-state index in [2.05, 4.69) is 22.9 Å². The van der Waals surface area contributed by atoms with E-state index in [-0.39, 0.29) is 5.75 Å². The number of rotatable bonds is 2. The summed E-state index contributed by atoms with van der Waals surface area (Å²) >= 11 is 9.31. The summed E-state index contributed by atoms with van der Waals surface area (Å²) in [6, 6.07) is 5.07. The van der Waals surface area contributed by atoms with Gasteiger partial charge in [0.2, 0.25) is 0 Å². The van der Waals surface area contributed by atoms with Crippen LogP contribution in [0.25, 0.3) is 0 Å². The Morgan fingerprint density at radius 2 is 2.25 bits per heavy atom. The van der Waals surface area contributed by atoms with Crippen molar-refractivity contribution in [2.75, 3.05) is 5.33 Å². The van der Waals surface area contributed by atoms with Crippen LogP contribution in [-0.2, 0) is 0 Å². The SMILES string of the molecule is CC(CBr)c1ccc(O)cc1Cl. The molecule has 0 fully saturated rings. The van der Waals surface area contributed by atoms with Crippen LogP contribution in [0.5, 0.6) is 5.75 Å². The first kappa shape index (κ1) is 9.87. The van der Waals surface area contributed by atoms with Gasteiger partial charge in [0.15, 0.2) is 0 Å². The zero-order valence-corrected chi connectivity index (χ0v) is 9.06. The highest BCUT2D eigenvalue weighted by molar-refractivity contribution is 9.09. The molecule has 66 valence electrons. The highest BCUT2D eigenvalue weighted by Crippen LogP contribution is 2.28. The van der Waals surface area contributed by atoms with E-state index in [1.54, 1.807) is 12.1 Å². The Balaban J connectivity index is 3.01. The molecule has 1 atom stereocenters. The van der Waals surface area contributed by atoms with E-state index in [9.17, 15) is 0 Å². The van der Waals surface area contributed by atoms with Crippen molar-refractivity contribution in [1.29, 1.82) is 0 Å². The third kappa shape index (κ3) is 2.14. The molecule has 0 aromatic heterocycles. The first-order valence-electron chi connectivity index (χ1n) is 3.69. The summed E-state index contributed by atoms with van der Waals surface area (Å²) < 4.78 is 0. The molecule has 0 aliphatic rings. The summed E-state index contributed by atoms with van der Waals surface area (Å²) in [6.45, 7) is 2.08. The number of phenolic OH excluding ortho intramolecular Hbond substituents is 1. The number of hydrogen-bond acceptors (Lipinski definition) is 1. The molecule has 1 nitrogen and oxygen atoms in total. The fourth-order valence-corrected chi connectivity index (χ4v) is 1.71. The van der Waals surface area contributed by atoms with Crippen molar-refractivity contribution in [3.63, 3.8) is 0 Å². The molecule has 1 unspecified atom stereocenters. The topological polar surface area (TPSA) is 20.2 Å². The van der Waals surface area contributed by atoms with Crippen LogP contribution < -0.4 is 0 Å². The molecule has 0 bridgehead atoms. The molecular weight excluding hydrogens is 239 g/mol. The largest absolute Gasteiger partial charge is 0.508 e. The Kier molecular flexibility index (Phi) is 3.41. The highest BCUT2D eigenvalue weighted by atomic mass is 79.9. The van der Waals surface area contributed by atoms with Gasteiger partial charge in [-0.25, -0.2) is 0 Å².